The van der Waals surface area contributed by atoms with Gasteiger partial charge in [0.1, 0.15) is 0 Å². The summed E-state index contributed by atoms with van der Waals surface area (Å²) in [5.41, 5.74) is 5.81. The molecule has 2 N–H and O–H groups in total. The summed E-state index contributed by atoms with van der Waals surface area (Å²) >= 11 is 3.13. The van der Waals surface area contributed by atoms with Gasteiger partial charge in [0.15, 0.2) is 0 Å². The number of aromatic nitrogens is 1. The van der Waals surface area contributed by atoms with Crippen molar-refractivity contribution in [2.75, 3.05) is 5.73 Å². The summed E-state index contributed by atoms with van der Waals surface area (Å²) in [7, 11) is 0. The van der Waals surface area contributed by atoms with E-state index in [1.165, 1.54) is 6.20 Å². The summed E-state index contributed by atoms with van der Waals surface area (Å²) in [5.74, 6) is 0. The first-order valence-electron chi connectivity index (χ1n) is 4.09. The van der Waals surface area contributed by atoms with Gasteiger partial charge in [-0.3, -0.25) is 4.98 Å². The molecule has 0 aliphatic rings. The van der Waals surface area contributed by atoms with Gasteiger partial charge in [-0.1, -0.05) is 15.9 Å². The van der Waals surface area contributed by atoms with Gasteiger partial charge in [-0.2, -0.15) is 5.26 Å². The SMILES string of the molecule is N#CCc1ncc(CBr)c(N)c1C(F)F. The van der Waals surface area contributed by atoms with Crippen LogP contribution < -0.4 is 5.73 Å². The number of nitrogens with zero attached hydrogens (tertiary/aromatic N) is 2. The Bertz CT molecular complexity index is 401. The number of hydrogen-bond acceptors (Lipinski definition) is 3. The maximum Gasteiger partial charge on any atom is 0.267 e. The van der Waals surface area contributed by atoms with Crippen molar-refractivity contribution in [1.29, 1.82) is 5.26 Å². The summed E-state index contributed by atoms with van der Waals surface area (Å²) in [6, 6.07) is 1.78. The van der Waals surface area contributed by atoms with Gasteiger partial charge < -0.3 is 5.73 Å². The minimum atomic E-state index is -2.71. The number of nitrogens with two attached hydrogens (primary N) is 1. The Morgan fingerprint density at radius 3 is 2.73 bits per heavy atom. The lowest BCUT2D eigenvalue weighted by molar-refractivity contribution is 0.150. The number of pyridine rings is 1. The van der Waals surface area contributed by atoms with Crippen LogP contribution in [0.15, 0.2) is 6.20 Å². The smallest absolute Gasteiger partial charge is 0.267 e. The molecule has 0 atom stereocenters. The van der Waals surface area contributed by atoms with Crippen LogP contribution in [0.2, 0.25) is 0 Å². The Morgan fingerprint density at radius 2 is 2.27 bits per heavy atom. The summed E-state index contributed by atoms with van der Waals surface area (Å²) in [6.07, 6.45) is -1.46. The Labute approximate surface area is 94.0 Å². The van der Waals surface area contributed by atoms with Crippen LogP contribution in [-0.4, -0.2) is 4.98 Å². The van der Waals surface area contributed by atoms with E-state index in [0.717, 1.165) is 0 Å². The third-order valence-electron chi connectivity index (χ3n) is 1.93. The molecule has 0 spiro atoms. The highest BCUT2D eigenvalue weighted by Crippen LogP contribution is 2.31. The molecule has 0 fully saturated rings. The average molecular weight is 276 g/mol. The lowest BCUT2D eigenvalue weighted by Gasteiger charge is -2.11. The number of nitrogen functional groups attached to an aromatic ring is 1. The normalized spacial score (nSPS) is 10.3. The quantitative estimate of drug-likeness (QED) is 0.863. The minimum Gasteiger partial charge on any atom is -0.398 e. The Morgan fingerprint density at radius 1 is 1.60 bits per heavy atom. The maximum atomic E-state index is 12.7. The molecule has 0 radical (unpaired) electrons. The fraction of sp³-hybridized carbons (Fsp3) is 0.333. The van der Waals surface area contributed by atoms with Crippen molar-refractivity contribution in [2.45, 2.75) is 18.2 Å². The van der Waals surface area contributed by atoms with Crippen molar-refractivity contribution in [3.8, 4) is 6.07 Å². The fourth-order valence-electron chi connectivity index (χ4n) is 1.19. The lowest BCUT2D eigenvalue weighted by Crippen LogP contribution is -2.06. The standard InChI is InChI=1S/C9H8BrF2N3/c10-3-5-4-15-6(1-2-13)7(8(5)14)9(11)12/h4,9H,1,3H2,(H2,14,15). The van der Waals surface area contributed by atoms with E-state index in [1.807, 2.05) is 0 Å². The van der Waals surface area contributed by atoms with Crippen LogP contribution in [0.5, 0.6) is 0 Å². The predicted molar refractivity (Wildman–Crippen MR) is 55.6 cm³/mol. The number of alkyl halides is 3. The zero-order chi connectivity index (χ0) is 11.4. The maximum absolute atomic E-state index is 12.7. The Balaban J connectivity index is 3.32. The molecule has 1 rings (SSSR count). The largest absolute Gasteiger partial charge is 0.398 e. The van der Waals surface area contributed by atoms with Gasteiger partial charge in [0.2, 0.25) is 0 Å². The second-order valence-corrected chi connectivity index (χ2v) is 3.39. The van der Waals surface area contributed by atoms with Crippen LogP contribution in [-0.2, 0) is 11.8 Å². The lowest BCUT2D eigenvalue weighted by atomic mass is 10.1. The predicted octanol–water partition coefficient (Wildman–Crippen LogP) is 2.56. The second kappa shape index (κ2) is 5.03. The van der Waals surface area contributed by atoms with E-state index >= 15 is 0 Å². The molecule has 0 aliphatic heterocycles. The first kappa shape index (κ1) is 11.9. The average Bonchev–Trinajstić information content (AvgIpc) is 2.18. The van der Waals surface area contributed by atoms with Crippen molar-refractivity contribution in [3.05, 3.63) is 23.0 Å². The molecule has 0 amide bonds. The Hall–Kier alpha value is -1.22. The van der Waals surface area contributed by atoms with Gasteiger partial charge in [-0.15, -0.1) is 0 Å². The van der Waals surface area contributed by atoms with Gasteiger partial charge in [-0.25, -0.2) is 8.78 Å². The number of anilines is 1. The molecule has 3 nitrogen and oxygen atoms in total. The van der Waals surface area contributed by atoms with Crippen molar-refractivity contribution in [1.82, 2.24) is 4.98 Å². The van der Waals surface area contributed by atoms with Crippen LogP contribution in [0, 0.1) is 11.3 Å². The first-order chi connectivity index (χ1) is 7.11. The molecule has 6 heteroatoms. The third-order valence-corrected chi connectivity index (χ3v) is 2.54. The molecule has 0 saturated carbocycles. The van der Waals surface area contributed by atoms with Gasteiger partial charge in [-0.05, 0) is 0 Å². The number of rotatable bonds is 3. The highest BCUT2D eigenvalue weighted by atomic mass is 79.9. The topological polar surface area (TPSA) is 62.7 Å². The van der Waals surface area contributed by atoms with E-state index in [0.29, 0.717) is 10.9 Å². The number of nitriles is 1. The van der Waals surface area contributed by atoms with E-state index in [2.05, 4.69) is 20.9 Å². The van der Waals surface area contributed by atoms with Crippen LogP contribution in [0.3, 0.4) is 0 Å². The van der Waals surface area contributed by atoms with E-state index in [-0.39, 0.29) is 23.4 Å². The zero-order valence-corrected chi connectivity index (χ0v) is 9.26. The highest BCUT2D eigenvalue weighted by molar-refractivity contribution is 9.08. The third kappa shape index (κ3) is 2.42. The van der Waals surface area contributed by atoms with Crippen molar-refractivity contribution < 1.29 is 8.78 Å². The van der Waals surface area contributed by atoms with E-state index in [9.17, 15) is 8.78 Å². The summed E-state index contributed by atoms with van der Waals surface area (Å²) < 4.78 is 25.4. The molecule has 15 heavy (non-hydrogen) atoms. The Kier molecular flexibility index (Phi) is 3.97. The van der Waals surface area contributed by atoms with Crippen molar-refractivity contribution in [2.24, 2.45) is 0 Å². The van der Waals surface area contributed by atoms with E-state index in [4.69, 9.17) is 11.0 Å². The monoisotopic (exact) mass is 275 g/mol. The van der Waals surface area contributed by atoms with Crippen LogP contribution in [0.25, 0.3) is 0 Å². The molecule has 0 aromatic carbocycles. The highest BCUT2D eigenvalue weighted by Gasteiger charge is 2.19. The summed E-state index contributed by atoms with van der Waals surface area (Å²) in [6.45, 7) is 0. The number of hydrogen-bond donors (Lipinski definition) is 1. The van der Waals surface area contributed by atoms with Gasteiger partial charge in [0, 0.05) is 22.8 Å². The summed E-state index contributed by atoms with van der Waals surface area (Å²) in [4.78, 5) is 3.81. The number of halogens is 3. The van der Waals surface area contributed by atoms with Gasteiger partial charge in [0.05, 0.1) is 23.7 Å². The van der Waals surface area contributed by atoms with Crippen LogP contribution in [0.1, 0.15) is 23.2 Å². The molecule has 0 unspecified atom stereocenters. The zero-order valence-electron chi connectivity index (χ0n) is 7.67. The van der Waals surface area contributed by atoms with Crippen LogP contribution in [0.4, 0.5) is 14.5 Å². The first-order valence-corrected chi connectivity index (χ1v) is 5.21. The summed E-state index contributed by atoms with van der Waals surface area (Å²) in [5, 5.41) is 8.82. The molecule has 0 aliphatic carbocycles. The molecule has 0 saturated heterocycles. The van der Waals surface area contributed by atoms with Gasteiger partial charge >= 0.3 is 0 Å². The van der Waals surface area contributed by atoms with Crippen LogP contribution >= 0.6 is 15.9 Å². The van der Waals surface area contributed by atoms with Crippen molar-refractivity contribution in [3.63, 3.8) is 0 Å². The van der Waals surface area contributed by atoms with E-state index in [1.54, 1.807) is 6.07 Å². The molecular weight excluding hydrogens is 268 g/mol. The molecular formula is C9H8BrF2N3. The minimum absolute atomic E-state index is 0.0159. The van der Waals surface area contributed by atoms with E-state index < -0.39 is 6.43 Å². The van der Waals surface area contributed by atoms with Gasteiger partial charge in [0.25, 0.3) is 6.43 Å². The molecule has 1 aromatic rings. The molecule has 0 bridgehead atoms. The molecule has 80 valence electrons. The fourth-order valence-corrected chi connectivity index (χ4v) is 1.64. The molecule has 1 aromatic heterocycles. The molecule has 1 heterocycles. The second-order valence-electron chi connectivity index (χ2n) is 2.83. The van der Waals surface area contributed by atoms with Crippen molar-refractivity contribution >= 4 is 21.6 Å².